The van der Waals surface area contributed by atoms with Crippen LogP contribution in [0.5, 0.6) is 5.88 Å². The maximum absolute atomic E-state index is 11.8. The van der Waals surface area contributed by atoms with E-state index in [0.29, 0.717) is 18.7 Å². The lowest BCUT2D eigenvalue weighted by Gasteiger charge is -2.24. The molecule has 1 aromatic heterocycles. The fourth-order valence-corrected chi connectivity index (χ4v) is 3.21. The Kier molecular flexibility index (Phi) is 3.08. The molecule has 3 rings (SSSR count). The molecule has 1 aromatic carbocycles. The number of nitrogens with zero attached hydrogens (tertiary/aromatic N) is 1. The zero-order chi connectivity index (χ0) is 14.2. The Balaban J connectivity index is 2.19. The molecule has 0 bridgehead atoms. The van der Waals surface area contributed by atoms with E-state index in [9.17, 15) is 9.90 Å². The van der Waals surface area contributed by atoms with E-state index in [-0.39, 0.29) is 0 Å². The molecule has 0 radical (unpaired) electrons. The Bertz CT molecular complexity index is 660. The predicted octanol–water partition coefficient (Wildman–Crippen LogP) is 3.14. The second-order valence-electron chi connectivity index (χ2n) is 5.35. The van der Waals surface area contributed by atoms with Gasteiger partial charge in [0.05, 0.1) is 12.5 Å². The van der Waals surface area contributed by atoms with E-state index in [1.807, 2.05) is 24.3 Å². The molecule has 1 aliphatic rings. The molecule has 2 aromatic rings. The minimum Gasteiger partial charge on any atom is -0.481 e. The van der Waals surface area contributed by atoms with Crippen molar-refractivity contribution in [1.82, 2.24) is 4.98 Å². The number of aromatic nitrogens is 1. The Morgan fingerprint density at radius 3 is 2.70 bits per heavy atom. The molecule has 1 N–H and O–H groups in total. The number of hydrogen-bond donors (Lipinski definition) is 1. The molecule has 0 unspecified atom stereocenters. The number of carboxylic acids is 1. The van der Waals surface area contributed by atoms with E-state index in [0.717, 1.165) is 29.2 Å². The van der Waals surface area contributed by atoms with Crippen molar-refractivity contribution in [1.29, 1.82) is 0 Å². The first-order valence-electron chi connectivity index (χ1n) is 6.84. The van der Waals surface area contributed by atoms with Crippen LogP contribution in [-0.4, -0.2) is 23.2 Å². The number of pyridine rings is 1. The third-order valence-corrected chi connectivity index (χ3v) is 4.34. The van der Waals surface area contributed by atoms with E-state index in [1.165, 1.54) is 0 Å². The van der Waals surface area contributed by atoms with Crippen LogP contribution in [0, 0.1) is 0 Å². The Labute approximate surface area is 117 Å². The summed E-state index contributed by atoms with van der Waals surface area (Å²) in [6, 6.07) is 7.73. The minimum atomic E-state index is -0.741. The Morgan fingerprint density at radius 2 is 2.05 bits per heavy atom. The van der Waals surface area contributed by atoms with Crippen molar-refractivity contribution >= 4 is 16.7 Å². The summed E-state index contributed by atoms with van der Waals surface area (Å²) in [6.45, 7) is 0. The number of methoxy groups -OCH3 is 1. The summed E-state index contributed by atoms with van der Waals surface area (Å²) in [5.74, 6) is -0.180. The van der Waals surface area contributed by atoms with E-state index < -0.39 is 11.4 Å². The zero-order valence-electron chi connectivity index (χ0n) is 11.4. The predicted molar refractivity (Wildman–Crippen MR) is 76.1 cm³/mol. The highest BCUT2D eigenvalue weighted by molar-refractivity contribution is 5.90. The summed E-state index contributed by atoms with van der Waals surface area (Å²) >= 11 is 0. The molecule has 4 nitrogen and oxygen atoms in total. The van der Waals surface area contributed by atoms with Crippen molar-refractivity contribution in [3.05, 3.63) is 36.0 Å². The summed E-state index contributed by atoms with van der Waals surface area (Å²) in [5.41, 5.74) is 0.121. The van der Waals surface area contributed by atoms with E-state index in [4.69, 9.17) is 4.74 Å². The van der Waals surface area contributed by atoms with Crippen molar-refractivity contribution in [2.45, 2.75) is 31.1 Å². The maximum atomic E-state index is 11.8. The molecule has 1 saturated carbocycles. The lowest BCUT2D eigenvalue weighted by Crippen LogP contribution is -2.32. The summed E-state index contributed by atoms with van der Waals surface area (Å²) < 4.78 is 5.28. The molecule has 104 valence electrons. The second kappa shape index (κ2) is 4.78. The lowest BCUT2D eigenvalue weighted by atomic mass is 9.78. The van der Waals surface area contributed by atoms with Crippen LogP contribution in [-0.2, 0) is 10.2 Å². The normalized spacial score (nSPS) is 17.2. The van der Waals surface area contributed by atoms with Crippen LogP contribution in [0.15, 0.2) is 30.5 Å². The molecule has 0 spiro atoms. The van der Waals surface area contributed by atoms with Crippen molar-refractivity contribution in [2.75, 3.05) is 7.11 Å². The van der Waals surface area contributed by atoms with Crippen LogP contribution in [0.4, 0.5) is 0 Å². The molecular formula is C16H17NO3. The summed E-state index contributed by atoms with van der Waals surface area (Å²) in [5, 5.41) is 11.6. The van der Waals surface area contributed by atoms with Gasteiger partial charge in [-0.3, -0.25) is 4.79 Å². The topological polar surface area (TPSA) is 59.4 Å². The number of carbonyl (C=O) groups is 1. The number of hydrogen-bond acceptors (Lipinski definition) is 3. The van der Waals surface area contributed by atoms with Crippen molar-refractivity contribution in [3.63, 3.8) is 0 Å². The minimum absolute atomic E-state index is 0.544. The van der Waals surface area contributed by atoms with Gasteiger partial charge in [0, 0.05) is 11.6 Å². The number of aliphatic carboxylic acids is 1. The third-order valence-electron chi connectivity index (χ3n) is 4.34. The first-order chi connectivity index (χ1) is 9.67. The number of fused-ring (bicyclic) bond motifs is 1. The van der Waals surface area contributed by atoms with Gasteiger partial charge in [-0.15, -0.1) is 0 Å². The molecule has 1 fully saturated rings. The number of carboxylic acid groups (broad SMARTS) is 1. The van der Waals surface area contributed by atoms with Gasteiger partial charge in [0.25, 0.3) is 0 Å². The smallest absolute Gasteiger partial charge is 0.314 e. The summed E-state index contributed by atoms with van der Waals surface area (Å²) in [7, 11) is 1.58. The zero-order valence-corrected chi connectivity index (χ0v) is 11.4. The Morgan fingerprint density at radius 1 is 1.30 bits per heavy atom. The highest BCUT2D eigenvalue weighted by Crippen LogP contribution is 2.42. The van der Waals surface area contributed by atoms with Crippen LogP contribution in [0.1, 0.15) is 31.2 Å². The monoisotopic (exact) mass is 271 g/mol. The summed E-state index contributed by atoms with van der Waals surface area (Å²) in [4.78, 5) is 16.0. The van der Waals surface area contributed by atoms with Gasteiger partial charge >= 0.3 is 5.97 Å². The van der Waals surface area contributed by atoms with Gasteiger partial charge in [-0.2, -0.15) is 0 Å². The van der Waals surface area contributed by atoms with Crippen molar-refractivity contribution in [3.8, 4) is 5.88 Å². The molecule has 0 aliphatic heterocycles. The largest absolute Gasteiger partial charge is 0.481 e. The number of ether oxygens (including phenoxy) is 1. The van der Waals surface area contributed by atoms with Gasteiger partial charge in [-0.1, -0.05) is 25.0 Å². The van der Waals surface area contributed by atoms with Gasteiger partial charge < -0.3 is 9.84 Å². The third kappa shape index (κ3) is 1.83. The molecular weight excluding hydrogens is 254 g/mol. The molecule has 0 atom stereocenters. The first kappa shape index (κ1) is 12.9. The van der Waals surface area contributed by atoms with Crippen molar-refractivity contribution in [2.24, 2.45) is 0 Å². The standard InChI is InChI=1S/C16H17NO3/c1-20-14-13-10-12(5-4-11(13)6-9-17-14)16(15(18)19)7-2-3-8-16/h4-6,9-10H,2-3,7-8H2,1H3,(H,18,19). The summed E-state index contributed by atoms with van der Waals surface area (Å²) in [6.07, 6.45) is 5.04. The molecule has 1 heterocycles. The molecule has 0 saturated heterocycles. The van der Waals surface area contributed by atoms with Gasteiger partial charge in [-0.05, 0) is 35.9 Å². The van der Waals surface area contributed by atoms with Gasteiger partial charge in [-0.25, -0.2) is 4.98 Å². The van der Waals surface area contributed by atoms with E-state index in [2.05, 4.69) is 4.98 Å². The van der Waals surface area contributed by atoms with E-state index >= 15 is 0 Å². The highest BCUT2D eigenvalue weighted by atomic mass is 16.5. The fourth-order valence-electron chi connectivity index (χ4n) is 3.21. The van der Waals surface area contributed by atoms with Gasteiger partial charge in [0.2, 0.25) is 5.88 Å². The van der Waals surface area contributed by atoms with Crippen LogP contribution >= 0.6 is 0 Å². The van der Waals surface area contributed by atoms with Gasteiger partial charge in [0.15, 0.2) is 0 Å². The van der Waals surface area contributed by atoms with Crippen LogP contribution in [0.3, 0.4) is 0 Å². The van der Waals surface area contributed by atoms with Crippen LogP contribution in [0.2, 0.25) is 0 Å². The van der Waals surface area contributed by atoms with Crippen LogP contribution in [0.25, 0.3) is 10.8 Å². The SMILES string of the molecule is COc1nccc2ccc(C3(C(=O)O)CCCC3)cc12. The van der Waals surface area contributed by atoms with Crippen LogP contribution < -0.4 is 4.74 Å². The molecule has 4 heteroatoms. The lowest BCUT2D eigenvalue weighted by molar-refractivity contribution is -0.143. The average Bonchev–Trinajstić information content (AvgIpc) is 2.97. The highest BCUT2D eigenvalue weighted by Gasteiger charge is 2.42. The number of benzene rings is 1. The van der Waals surface area contributed by atoms with E-state index in [1.54, 1.807) is 13.3 Å². The molecule has 20 heavy (non-hydrogen) atoms. The number of rotatable bonds is 3. The average molecular weight is 271 g/mol. The second-order valence-corrected chi connectivity index (χ2v) is 5.35. The van der Waals surface area contributed by atoms with Crippen molar-refractivity contribution < 1.29 is 14.6 Å². The molecule has 0 amide bonds. The first-order valence-corrected chi connectivity index (χ1v) is 6.84. The Hall–Kier alpha value is -2.10. The fraction of sp³-hybridized carbons (Fsp3) is 0.375. The van der Waals surface area contributed by atoms with Gasteiger partial charge in [0.1, 0.15) is 0 Å². The molecule has 1 aliphatic carbocycles. The quantitative estimate of drug-likeness (QED) is 0.931. The maximum Gasteiger partial charge on any atom is 0.314 e.